The molecule has 0 spiro atoms. The van der Waals surface area contributed by atoms with Crippen molar-refractivity contribution in [2.75, 3.05) is 18.5 Å². The van der Waals surface area contributed by atoms with E-state index in [9.17, 15) is 0 Å². The Bertz CT molecular complexity index is 93.6. The van der Waals surface area contributed by atoms with Crippen LogP contribution in [0, 0.1) is 5.92 Å². The third-order valence-electron chi connectivity index (χ3n) is 1.50. The summed E-state index contributed by atoms with van der Waals surface area (Å²) in [6.07, 6.45) is 4.26. The molecule has 0 aliphatic rings. The van der Waals surface area contributed by atoms with Crippen molar-refractivity contribution in [1.82, 2.24) is 0 Å². The summed E-state index contributed by atoms with van der Waals surface area (Å²) in [6.45, 7) is 7.32. The molecule has 0 saturated heterocycles. The molecule has 0 rings (SSSR count). The molecule has 1 atom stereocenters. The number of rotatable bonds is 7. The van der Waals surface area contributed by atoms with Crippen molar-refractivity contribution < 1.29 is 4.74 Å². The smallest absolute Gasteiger partial charge is 0.0644 e. The van der Waals surface area contributed by atoms with Gasteiger partial charge in [-0.05, 0) is 12.3 Å². The van der Waals surface area contributed by atoms with Gasteiger partial charge in [0.25, 0.3) is 0 Å². The van der Waals surface area contributed by atoms with Gasteiger partial charge in [-0.1, -0.05) is 35.4 Å². The van der Waals surface area contributed by atoms with Gasteiger partial charge < -0.3 is 4.74 Å². The van der Waals surface area contributed by atoms with Gasteiger partial charge in [0.2, 0.25) is 0 Å². The highest BCUT2D eigenvalue weighted by Gasteiger charge is 2.04. The van der Waals surface area contributed by atoms with E-state index in [2.05, 4.69) is 29.4 Å². The average Bonchev–Trinajstić information content (AvgIpc) is 2.03. The van der Waals surface area contributed by atoms with Crippen molar-refractivity contribution in [1.29, 1.82) is 0 Å². The molecular weight excluding hydrogens is 204 g/mol. The predicted octanol–water partition coefficient (Wildman–Crippen LogP) is 3.00. The number of alkyl halides is 1. The maximum atomic E-state index is 5.34. The summed E-state index contributed by atoms with van der Waals surface area (Å²) in [5.41, 5.74) is 0. The van der Waals surface area contributed by atoms with Crippen molar-refractivity contribution in [3.05, 3.63) is 12.7 Å². The maximum absolute atomic E-state index is 5.34. The van der Waals surface area contributed by atoms with Gasteiger partial charge in [0, 0.05) is 5.33 Å². The van der Waals surface area contributed by atoms with Crippen LogP contribution in [0.1, 0.15) is 19.8 Å². The molecule has 0 fully saturated rings. The summed E-state index contributed by atoms with van der Waals surface area (Å²) < 4.78 is 5.34. The normalized spacial score (nSPS) is 12.9. The molecule has 0 radical (unpaired) electrons. The minimum Gasteiger partial charge on any atom is -0.377 e. The molecule has 0 saturated carbocycles. The number of hydrogen-bond donors (Lipinski definition) is 0. The molecule has 0 aliphatic heterocycles. The van der Waals surface area contributed by atoms with E-state index in [1.165, 1.54) is 12.8 Å². The van der Waals surface area contributed by atoms with E-state index < -0.39 is 0 Å². The Morgan fingerprint density at radius 2 is 2.36 bits per heavy atom. The van der Waals surface area contributed by atoms with E-state index in [4.69, 9.17) is 4.74 Å². The van der Waals surface area contributed by atoms with E-state index in [0.717, 1.165) is 11.9 Å². The van der Waals surface area contributed by atoms with E-state index in [1.807, 2.05) is 0 Å². The second-order valence-corrected chi connectivity index (χ2v) is 3.28. The monoisotopic (exact) mass is 220 g/mol. The van der Waals surface area contributed by atoms with Crippen LogP contribution < -0.4 is 0 Å². The lowest BCUT2D eigenvalue weighted by atomic mass is 10.1. The van der Waals surface area contributed by atoms with Gasteiger partial charge in [0.1, 0.15) is 0 Å². The zero-order chi connectivity index (χ0) is 8.53. The van der Waals surface area contributed by atoms with Crippen LogP contribution in [0.15, 0.2) is 12.7 Å². The van der Waals surface area contributed by atoms with Crippen LogP contribution in [0.4, 0.5) is 0 Å². The molecule has 0 amide bonds. The third-order valence-corrected chi connectivity index (χ3v) is 2.42. The zero-order valence-corrected chi connectivity index (χ0v) is 8.77. The minimum absolute atomic E-state index is 0.667. The molecular formula is C9H17BrO. The summed E-state index contributed by atoms with van der Waals surface area (Å²) in [7, 11) is 0. The van der Waals surface area contributed by atoms with Gasteiger partial charge in [-0.3, -0.25) is 0 Å². The minimum atomic E-state index is 0.667. The van der Waals surface area contributed by atoms with Crippen molar-refractivity contribution in [2.45, 2.75) is 19.8 Å². The highest BCUT2D eigenvalue weighted by molar-refractivity contribution is 9.09. The quantitative estimate of drug-likeness (QED) is 0.365. The molecule has 11 heavy (non-hydrogen) atoms. The van der Waals surface area contributed by atoms with Gasteiger partial charge >= 0.3 is 0 Å². The van der Waals surface area contributed by atoms with Crippen LogP contribution in [-0.2, 0) is 4.74 Å². The van der Waals surface area contributed by atoms with Crippen molar-refractivity contribution in [3.63, 3.8) is 0 Å². The number of hydrogen-bond acceptors (Lipinski definition) is 1. The lowest BCUT2D eigenvalue weighted by molar-refractivity contribution is 0.127. The average molecular weight is 221 g/mol. The Morgan fingerprint density at radius 3 is 2.82 bits per heavy atom. The van der Waals surface area contributed by atoms with Crippen LogP contribution in [0.2, 0.25) is 0 Å². The molecule has 1 nitrogen and oxygen atoms in total. The van der Waals surface area contributed by atoms with Gasteiger partial charge in [-0.2, -0.15) is 0 Å². The summed E-state index contributed by atoms with van der Waals surface area (Å²) in [5, 5.41) is 1.04. The maximum Gasteiger partial charge on any atom is 0.0644 e. The van der Waals surface area contributed by atoms with E-state index in [-0.39, 0.29) is 0 Å². The standard InChI is InChI=1S/C9H17BrO/c1-3-5-9(7-10)8-11-6-4-2/h4,9H,2-3,5-8H2,1H3. The topological polar surface area (TPSA) is 9.23 Å². The lowest BCUT2D eigenvalue weighted by Crippen LogP contribution is -2.10. The predicted molar refractivity (Wildman–Crippen MR) is 53.2 cm³/mol. The fraction of sp³-hybridized carbons (Fsp3) is 0.778. The molecule has 66 valence electrons. The van der Waals surface area contributed by atoms with E-state index >= 15 is 0 Å². The Kier molecular flexibility index (Phi) is 8.41. The number of halogens is 1. The van der Waals surface area contributed by atoms with Crippen LogP contribution in [-0.4, -0.2) is 18.5 Å². The van der Waals surface area contributed by atoms with Crippen LogP contribution in [0.5, 0.6) is 0 Å². The lowest BCUT2D eigenvalue weighted by Gasteiger charge is -2.11. The second kappa shape index (κ2) is 8.28. The Hall–Kier alpha value is 0.180. The largest absolute Gasteiger partial charge is 0.377 e. The van der Waals surface area contributed by atoms with Gasteiger partial charge in [-0.15, -0.1) is 6.58 Å². The molecule has 0 bridgehead atoms. The molecule has 0 aromatic rings. The molecule has 1 unspecified atom stereocenters. The Labute approximate surface area is 78.0 Å². The van der Waals surface area contributed by atoms with E-state index in [1.54, 1.807) is 6.08 Å². The molecule has 0 aromatic heterocycles. The number of ether oxygens (including phenoxy) is 1. The fourth-order valence-electron chi connectivity index (χ4n) is 0.931. The summed E-state index contributed by atoms with van der Waals surface area (Å²) in [6, 6.07) is 0. The van der Waals surface area contributed by atoms with E-state index in [0.29, 0.717) is 12.5 Å². The molecule has 0 aliphatic carbocycles. The van der Waals surface area contributed by atoms with Gasteiger partial charge in [0.05, 0.1) is 13.2 Å². The summed E-state index contributed by atoms with van der Waals surface area (Å²) >= 11 is 3.46. The Balaban J connectivity index is 3.27. The first-order valence-corrected chi connectivity index (χ1v) is 5.21. The molecule has 0 aromatic carbocycles. The molecule has 0 N–H and O–H groups in total. The molecule has 0 heterocycles. The third kappa shape index (κ3) is 6.57. The SMILES string of the molecule is C=CCOCC(CBr)CCC. The van der Waals surface area contributed by atoms with Crippen molar-refractivity contribution in [3.8, 4) is 0 Å². The zero-order valence-electron chi connectivity index (χ0n) is 7.18. The first kappa shape index (κ1) is 11.2. The second-order valence-electron chi connectivity index (χ2n) is 2.64. The van der Waals surface area contributed by atoms with Gasteiger partial charge in [-0.25, -0.2) is 0 Å². The van der Waals surface area contributed by atoms with Gasteiger partial charge in [0.15, 0.2) is 0 Å². The van der Waals surface area contributed by atoms with Crippen LogP contribution in [0.25, 0.3) is 0 Å². The van der Waals surface area contributed by atoms with Crippen LogP contribution in [0.3, 0.4) is 0 Å². The molecule has 2 heteroatoms. The summed E-state index contributed by atoms with van der Waals surface area (Å²) in [4.78, 5) is 0. The first-order valence-electron chi connectivity index (χ1n) is 4.09. The fourth-order valence-corrected chi connectivity index (χ4v) is 1.44. The Morgan fingerprint density at radius 1 is 1.64 bits per heavy atom. The summed E-state index contributed by atoms with van der Waals surface area (Å²) in [5.74, 6) is 0.667. The van der Waals surface area contributed by atoms with Crippen LogP contribution >= 0.6 is 15.9 Å². The van der Waals surface area contributed by atoms with Crippen molar-refractivity contribution >= 4 is 15.9 Å². The first-order chi connectivity index (χ1) is 5.35. The highest BCUT2D eigenvalue weighted by Crippen LogP contribution is 2.09. The highest BCUT2D eigenvalue weighted by atomic mass is 79.9. The van der Waals surface area contributed by atoms with Crippen molar-refractivity contribution in [2.24, 2.45) is 5.92 Å².